The van der Waals surface area contributed by atoms with Crippen molar-refractivity contribution in [1.82, 2.24) is 0 Å². The molecule has 2 aromatic rings. The molecular weight excluding hydrogens is 218 g/mol. The molecule has 2 rings (SSSR count). The summed E-state index contributed by atoms with van der Waals surface area (Å²) < 4.78 is 0. The first-order valence-electron chi connectivity index (χ1n) is 6.35. The highest BCUT2D eigenvalue weighted by Gasteiger charge is 2.15. The number of nitrogens with two attached hydrogens (primary N) is 1. The van der Waals surface area contributed by atoms with Gasteiger partial charge in [0.1, 0.15) is 0 Å². The van der Waals surface area contributed by atoms with Gasteiger partial charge in [-0.3, -0.25) is 0 Å². The maximum atomic E-state index is 6.13. The number of nitrogen functional groups attached to an aromatic ring is 1. The van der Waals surface area contributed by atoms with E-state index in [1.165, 1.54) is 16.7 Å². The monoisotopic (exact) mass is 239 g/mol. The minimum Gasteiger partial charge on any atom is -0.398 e. The Morgan fingerprint density at radius 2 is 1.56 bits per heavy atom. The summed E-state index contributed by atoms with van der Waals surface area (Å²) in [6.07, 6.45) is 0. The standard InChI is InChI=1S/C17H21N/c1-12-7-5-6-8-14(12)15-11-13(17(2,3)4)9-10-16(15)18/h5-11H,18H2,1-4H3. The molecule has 0 aliphatic heterocycles. The van der Waals surface area contributed by atoms with E-state index < -0.39 is 0 Å². The van der Waals surface area contributed by atoms with Gasteiger partial charge in [0.05, 0.1) is 0 Å². The minimum atomic E-state index is 0.144. The Hall–Kier alpha value is -1.76. The van der Waals surface area contributed by atoms with Gasteiger partial charge in [-0.1, -0.05) is 51.1 Å². The summed E-state index contributed by atoms with van der Waals surface area (Å²) >= 11 is 0. The van der Waals surface area contributed by atoms with Crippen LogP contribution in [0.3, 0.4) is 0 Å². The van der Waals surface area contributed by atoms with Gasteiger partial charge in [0.15, 0.2) is 0 Å². The molecule has 0 bridgehead atoms. The molecule has 0 spiro atoms. The first kappa shape index (κ1) is 12.7. The van der Waals surface area contributed by atoms with Crippen LogP contribution in [0.4, 0.5) is 5.69 Å². The second-order valence-corrected chi connectivity index (χ2v) is 5.87. The summed E-state index contributed by atoms with van der Waals surface area (Å²) in [6, 6.07) is 14.7. The maximum absolute atomic E-state index is 6.13. The zero-order chi connectivity index (χ0) is 13.3. The van der Waals surface area contributed by atoms with Crippen molar-refractivity contribution in [3.05, 3.63) is 53.6 Å². The van der Waals surface area contributed by atoms with Gasteiger partial charge in [0.2, 0.25) is 0 Å². The van der Waals surface area contributed by atoms with Gasteiger partial charge in [-0.15, -0.1) is 0 Å². The molecule has 1 nitrogen and oxygen atoms in total. The molecule has 0 aliphatic carbocycles. The summed E-state index contributed by atoms with van der Waals surface area (Å²) in [5.74, 6) is 0. The van der Waals surface area contributed by atoms with Gasteiger partial charge in [-0.25, -0.2) is 0 Å². The molecule has 0 saturated carbocycles. The van der Waals surface area contributed by atoms with E-state index in [9.17, 15) is 0 Å². The number of hydrogen-bond donors (Lipinski definition) is 1. The molecule has 2 aromatic carbocycles. The van der Waals surface area contributed by atoms with Crippen molar-refractivity contribution in [2.75, 3.05) is 5.73 Å². The number of anilines is 1. The van der Waals surface area contributed by atoms with E-state index in [4.69, 9.17) is 5.73 Å². The molecule has 0 aliphatic rings. The highest BCUT2D eigenvalue weighted by Crippen LogP contribution is 2.33. The van der Waals surface area contributed by atoms with Crippen LogP contribution in [-0.2, 0) is 5.41 Å². The van der Waals surface area contributed by atoms with Crippen molar-refractivity contribution < 1.29 is 0 Å². The highest BCUT2D eigenvalue weighted by atomic mass is 14.6. The predicted octanol–water partition coefficient (Wildman–Crippen LogP) is 4.54. The predicted molar refractivity (Wildman–Crippen MR) is 79.7 cm³/mol. The molecule has 0 heterocycles. The Morgan fingerprint density at radius 3 is 2.17 bits per heavy atom. The quantitative estimate of drug-likeness (QED) is 0.726. The van der Waals surface area contributed by atoms with Crippen molar-refractivity contribution >= 4 is 5.69 Å². The third-order valence-electron chi connectivity index (χ3n) is 3.35. The molecule has 0 radical (unpaired) electrons. The van der Waals surface area contributed by atoms with E-state index >= 15 is 0 Å². The Balaban J connectivity index is 2.61. The van der Waals surface area contributed by atoms with Crippen LogP contribution >= 0.6 is 0 Å². The number of benzene rings is 2. The minimum absolute atomic E-state index is 0.144. The van der Waals surface area contributed by atoms with Crippen molar-refractivity contribution in [3.63, 3.8) is 0 Å². The number of aryl methyl sites for hydroxylation is 1. The summed E-state index contributed by atoms with van der Waals surface area (Å²) in [5, 5.41) is 0. The Bertz CT molecular complexity index is 562. The maximum Gasteiger partial charge on any atom is 0.0394 e. The average Bonchev–Trinajstić information content (AvgIpc) is 2.29. The van der Waals surface area contributed by atoms with Crippen molar-refractivity contribution in [1.29, 1.82) is 0 Å². The van der Waals surface area contributed by atoms with Gasteiger partial charge in [-0.2, -0.15) is 0 Å². The van der Waals surface area contributed by atoms with Crippen LogP contribution in [0, 0.1) is 6.92 Å². The van der Waals surface area contributed by atoms with Crippen LogP contribution in [0.15, 0.2) is 42.5 Å². The smallest absolute Gasteiger partial charge is 0.0394 e. The second kappa shape index (κ2) is 4.49. The second-order valence-electron chi connectivity index (χ2n) is 5.87. The molecule has 0 aromatic heterocycles. The lowest BCUT2D eigenvalue weighted by Crippen LogP contribution is -2.11. The molecule has 0 amide bonds. The summed E-state index contributed by atoms with van der Waals surface area (Å²) in [7, 11) is 0. The van der Waals surface area contributed by atoms with E-state index in [1.807, 2.05) is 6.07 Å². The van der Waals surface area contributed by atoms with Crippen molar-refractivity contribution in [3.8, 4) is 11.1 Å². The topological polar surface area (TPSA) is 26.0 Å². The van der Waals surface area contributed by atoms with Gasteiger partial charge < -0.3 is 5.73 Å². The highest BCUT2D eigenvalue weighted by molar-refractivity contribution is 5.79. The van der Waals surface area contributed by atoms with Crippen LogP contribution in [0.5, 0.6) is 0 Å². The number of hydrogen-bond acceptors (Lipinski definition) is 1. The lowest BCUT2D eigenvalue weighted by Gasteiger charge is -2.21. The summed E-state index contributed by atoms with van der Waals surface area (Å²) in [5.41, 5.74) is 12.1. The fourth-order valence-corrected chi connectivity index (χ4v) is 2.13. The fourth-order valence-electron chi connectivity index (χ4n) is 2.13. The molecule has 0 fully saturated rings. The van der Waals surface area contributed by atoms with Crippen molar-refractivity contribution in [2.24, 2.45) is 0 Å². The first-order chi connectivity index (χ1) is 8.39. The molecule has 0 atom stereocenters. The lowest BCUT2D eigenvalue weighted by molar-refractivity contribution is 0.590. The van der Waals surface area contributed by atoms with E-state index in [2.05, 4.69) is 64.1 Å². The molecule has 18 heavy (non-hydrogen) atoms. The Morgan fingerprint density at radius 1 is 0.889 bits per heavy atom. The average molecular weight is 239 g/mol. The van der Waals surface area contributed by atoms with Crippen LogP contribution in [-0.4, -0.2) is 0 Å². The largest absolute Gasteiger partial charge is 0.398 e. The normalized spacial score (nSPS) is 11.6. The number of rotatable bonds is 1. The molecular formula is C17H21N. The fraction of sp³-hybridized carbons (Fsp3) is 0.294. The molecule has 94 valence electrons. The van der Waals surface area contributed by atoms with Crippen molar-refractivity contribution in [2.45, 2.75) is 33.1 Å². The van der Waals surface area contributed by atoms with E-state index in [0.29, 0.717) is 0 Å². The molecule has 0 unspecified atom stereocenters. The molecule has 1 heteroatoms. The van der Waals surface area contributed by atoms with Gasteiger partial charge in [-0.05, 0) is 41.2 Å². The van der Waals surface area contributed by atoms with Crippen LogP contribution in [0.2, 0.25) is 0 Å². The lowest BCUT2D eigenvalue weighted by atomic mass is 9.84. The van der Waals surface area contributed by atoms with E-state index in [1.54, 1.807) is 0 Å². The summed E-state index contributed by atoms with van der Waals surface area (Å²) in [4.78, 5) is 0. The Kier molecular flexibility index (Phi) is 3.16. The molecule has 0 saturated heterocycles. The van der Waals surface area contributed by atoms with Gasteiger partial charge in [0.25, 0.3) is 0 Å². The third kappa shape index (κ3) is 2.40. The van der Waals surface area contributed by atoms with Crippen LogP contribution < -0.4 is 5.73 Å². The van der Waals surface area contributed by atoms with E-state index in [0.717, 1.165) is 11.3 Å². The van der Waals surface area contributed by atoms with Gasteiger partial charge >= 0.3 is 0 Å². The zero-order valence-corrected chi connectivity index (χ0v) is 11.6. The first-order valence-corrected chi connectivity index (χ1v) is 6.35. The SMILES string of the molecule is Cc1ccccc1-c1cc(C(C)(C)C)ccc1N. The van der Waals surface area contributed by atoms with Gasteiger partial charge in [0, 0.05) is 11.3 Å². The third-order valence-corrected chi connectivity index (χ3v) is 3.35. The van der Waals surface area contributed by atoms with E-state index in [-0.39, 0.29) is 5.41 Å². The summed E-state index contributed by atoms with van der Waals surface area (Å²) in [6.45, 7) is 8.79. The molecule has 2 N–H and O–H groups in total. The Labute approximate surface area is 110 Å². The zero-order valence-electron chi connectivity index (χ0n) is 11.6. The van der Waals surface area contributed by atoms with Crippen LogP contribution in [0.1, 0.15) is 31.9 Å². The van der Waals surface area contributed by atoms with Crippen LogP contribution in [0.25, 0.3) is 11.1 Å².